The van der Waals surface area contributed by atoms with Crippen molar-refractivity contribution in [2.24, 2.45) is 4.99 Å². The molecule has 258 valence electrons. The second kappa shape index (κ2) is 12.1. The van der Waals surface area contributed by atoms with Crippen LogP contribution < -0.4 is 4.90 Å². The molecule has 11 rings (SSSR count). The summed E-state index contributed by atoms with van der Waals surface area (Å²) in [5.41, 5.74) is 13.0. The van der Waals surface area contributed by atoms with E-state index in [9.17, 15) is 0 Å². The van der Waals surface area contributed by atoms with Crippen molar-refractivity contribution in [2.45, 2.75) is 6.92 Å². The van der Waals surface area contributed by atoms with Gasteiger partial charge in [0, 0.05) is 27.8 Å². The minimum absolute atomic E-state index is 0.859. The molecule has 0 atom stereocenters. The van der Waals surface area contributed by atoms with Crippen LogP contribution in [0, 0.1) is 6.92 Å². The Morgan fingerprint density at radius 1 is 0.509 bits per heavy atom. The highest BCUT2D eigenvalue weighted by Crippen LogP contribution is 2.42. The van der Waals surface area contributed by atoms with Gasteiger partial charge in [-0.3, -0.25) is 9.30 Å². The van der Waals surface area contributed by atoms with Crippen LogP contribution in [0.3, 0.4) is 0 Å². The predicted octanol–water partition coefficient (Wildman–Crippen LogP) is 12.6. The Morgan fingerprint density at radius 3 is 1.95 bits per heavy atom. The first kappa shape index (κ1) is 31.2. The molecule has 0 aliphatic carbocycles. The molecular formula is C50H33N5. The molecule has 55 heavy (non-hydrogen) atoms. The summed E-state index contributed by atoms with van der Waals surface area (Å²) in [7, 11) is 0. The number of imidazole rings is 1. The van der Waals surface area contributed by atoms with Crippen molar-refractivity contribution in [3.63, 3.8) is 0 Å². The van der Waals surface area contributed by atoms with Gasteiger partial charge in [-0.15, -0.1) is 0 Å². The fourth-order valence-electron chi connectivity index (χ4n) is 8.15. The van der Waals surface area contributed by atoms with E-state index in [1.807, 2.05) is 6.07 Å². The van der Waals surface area contributed by atoms with Crippen molar-refractivity contribution >= 4 is 72.0 Å². The predicted molar refractivity (Wildman–Crippen MR) is 229 cm³/mol. The van der Waals surface area contributed by atoms with Crippen LogP contribution in [0.25, 0.3) is 77.3 Å². The summed E-state index contributed by atoms with van der Waals surface area (Å²) in [6.45, 7) is 6.86. The largest absolute Gasteiger partial charge is 0.294 e. The lowest BCUT2D eigenvalue weighted by molar-refractivity contribution is 1.16. The maximum absolute atomic E-state index is 5.34. The number of hydrogen-bond donors (Lipinski definition) is 0. The van der Waals surface area contributed by atoms with Gasteiger partial charge >= 0.3 is 0 Å². The summed E-state index contributed by atoms with van der Waals surface area (Å²) in [6, 6.07) is 59.8. The van der Waals surface area contributed by atoms with Gasteiger partial charge in [-0.05, 0) is 99.8 Å². The fraction of sp³-hybridized carbons (Fsp3) is 0.0200. The second-order valence-corrected chi connectivity index (χ2v) is 14.3. The Kier molecular flexibility index (Phi) is 6.85. The molecule has 0 spiro atoms. The van der Waals surface area contributed by atoms with Crippen LogP contribution in [0.1, 0.15) is 16.7 Å². The average Bonchev–Trinajstić information content (AvgIpc) is 3.63. The van der Waals surface area contributed by atoms with Crippen LogP contribution in [0.2, 0.25) is 0 Å². The lowest BCUT2D eigenvalue weighted by Crippen LogP contribution is -2.32. The Bertz CT molecular complexity index is 3260. The van der Waals surface area contributed by atoms with Crippen molar-refractivity contribution in [3.8, 4) is 22.5 Å². The summed E-state index contributed by atoms with van der Waals surface area (Å²) in [5.74, 6) is 1.73. The van der Waals surface area contributed by atoms with Crippen LogP contribution in [0.4, 0.5) is 11.4 Å². The van der Waals surface area contributed by atoms with E-state index in [1.165, 1.54) is 21.5 Å². The molecule has 0 amide bonds. The third kappa shape index (κ3) is 4.98. The first-order valence-corrected chi connectivity index (χ1v) is 18.5. The Morgan fingerprint density at radius 2 is 1.15 bits per heavy atom. The molecule has 0 radical (unpaired) electrons. The van der Waals surface area contributed by atoms with Gasteiger partial charge < -0.3 is 0 Å². The van der Waals surface area contributed by atoms with Gasteiger partial charge in [0.1, 0.15) is 17.3 Å². The third-order valence-electron chi connectivity index (χ3n) is 11.0. The number of amidine groups is 1. The van der Waals surface area contributed by atoms with Crippen LogP contribution in [-0.4, -0.2) is 20.2 Å². The topological polar surface area (TPSA) is 45.8 Å². The maximum atomic E-state index is 5.34. The maximum Gasteiger partial charge on any atom is 0.149 e. The van der Waals surface area contributed by atoms with Crippen molar-refractivity contribution in [1.82, 2.24) is 14.4 Å². The van der Waals surface area contributed by atoms with Gasteiger partial charge in [0.2, 0.25) is 0 Å². The first-order chi connectivity index (χ1) is 27.1. The van der Waals surface area contributed by atoms with Gasteiger partial charge in [-0.2, -0.15) is 0 Å². The lowest BCUT2D eigenvalue weighted by Gasteiger charge is -2.34. The number of aromatic nitrogens is 3. The minimum Gasteiger partial charge on any atom is -0.294 e. The normalized spacial score (nSPS) is 12.9. The lowest BCUT2D eigenvalue weighted by atomic mass is 9.96. The zero-order valence-corrected chi connectivity index (χ0v) is 30.1. The minimum atomic E-state index is 0.859. The zero-order chi connectivity index (χ0) is 36.6. The summed E-state index contributed by atoms with van der Waals surface area (Å²) >= 11 is 0. The number of aliphatic imine (C=N–C) groups is 1. The van der Waals surface area contributed by atoms with E-state index in [0.717, 1.165) is 89.7 Å². The van der Waals surface area contributed by atoms with Gasteiger partial charge in [-0.1, -0.05) is 122 Å². The quantitative estimate of drug-likeness (QED) is 0.183. The summed E-state index contributed by atoms with van der Waals surface area (Å²) in [5, 5.41) is 5.75. The third-order valence-corrected chi connectivity index (χ3v) is 11.0. The fourth-order valence-corrected chi connectivity index (χ4v) is 8.15. The Labute approximate surface area is 317 Å². The summed E-state index contributed by atoms with van der Waals surface area (Å²) in [4.78, 5) is 18.1. The van der Waals surface area contributed by atoms with Gasteiger partial charge in [0.25, 0.3) is 0 Å². The molecule has 0 bridgehead atoms. The highest BCUT2D eigenvalue weighted by molar-refractivity contribution is 6.22. The number of para-hydroxylation sites is 3. The summed E-state index contributed by atoms with van der Waals surface area (Å²) in [6.07, 6.45) is 0. The zero-order valence-electron chi connectivity index (χ0n) is 30.1. The second-order valence-electron chi connectivity index (χ2n) is 14.3. The van der Waals surface area contributed by atoms with Gasteiger partial charge in [0.05, 0.1) is 27.9 Å². The molecule has 1 aliphatic rings. The molecule has 8 aromatic carbocycles. The van der Waals surface area contributed by atoms with E-state index >= 15 is 0 Å². The van der Waals surface area contributed by atoms with E-state index in [0.29, 0.717) is 0 Å². The van der Waals surface area contributed by atoms with Crippen molar-refractivity contribution in [2.75, 3.05) is 4.90 Å². The number of rotatable bonds is 4. The molecule has 0 N–H and O–H groups in total. The molecule has 0 saturated carbocycles. The number of fused-ring (bicyclic) bond motifs is 8. The van der Waals surface area contributed by atoms with E-state index in [2.05, 4.69) is 180 Å². The molecule has 0 fully saturated rings. The van der Waals surface area contributed by atoms with Gasteiger partial charge in [-0.25, -0.2) is 15.0 Å². The molecule has 10 aromatic rings. The van der Waals surface area contributed by atoms with Crippen LogP contribution in [0.5, 0.6) is 0 Å². The standard InChI is InChI=1S/C50H33N5/c1-31-11-3-9-17-46(31)54-32(2)41-29-37(23-25-43(41)51-48(54)39-21-19-33-12-4-6-14-35(33)27-39)38-24-26-44-42(30-38)50-53-45-16-8-10-18-47(45)55(50)49(52-44)40-22-20-34-13-5-7-15-36(34)28-40/h3-30H,2H2,1H3. The van der Waals surface area contributed by atoms with Crippen LogP contribution in [0.15, 0.2) is 181 Å². The number of hydrogen-bond acceptors (Lipinski definition) is 4. The Hall–Kier alpha value is -7.37. The number of anilines is 1. The van der Waals surface area contributed by atoms with Crippen molar-refractivity contribution in [1.29, 1.82) is 0 Å². The van der Waals surface area contributed by atoms with Crippen LogP contribution in [-0.2, 0) is 0 Å². The highest BCUT2D eigenvalue weighted by Gasteiger charge is 2.28. The molecule has 0 unspecified atom stereocenters. The van der Waals surface area contributed by atoms with Crippen LogP contribution >= 0.6 is 0 Å². The smallest absolute Gasteiger partial charge is 0.149 e. The van der Waals surface area contributed by atoms with E-state index in [4.69, 9.17) is 21.5 Å². The van der Waals surface area contributed by atoms with E-state index in [1.54, 1.807) is 0 Å². The summed E-state index contributed by atoms with van der Waals surface area (Å²) < 4.78 is 2.21. The number of aryl methyl sites for hydroxylation is 1. The number of nitrogens with zero attached hydrogens (tertiary/aromatic N) is 5. The molecule has 0 saturated heterocycles. The molecule has 3 heterocycles. The van der Waals surface area contributed by atoms with Crippen molar-refractivity contribution in [3.05, 3.63) is 193 Å². The first-order valence-electron chi connectivity index (χ1n) is 18.5. The Balaban J connectivity index is 1.07. The molecule has 2 aromatic heterocycles. The molecule has 5 nitrogen and oxygen atoms in total. The SMILES string of the molecule is C=C1c2cc(-c3ccc4nc(-c5ccc6ccccc6c5)n5c6ccccc6nc5c4c3)ccc2N=C(c2ccc3ccccc3c2)N1c1ccccc1C. The molecule has 1 aliphatic heterocycles. The van der Waals surface area contributed by atoms with Gasteiger partial charge in [0.15, 0.2) is 0 Å². The van der Waals surface area contributed by atoms with Crippen molar-refractivity contribution < 1.29 is 0 Å². The average molecular weight is 704 g/mol. The van der Waals surface area contributed by atoms with E-state index in [-0.39, 0.29) is 0 Å². The highest BCUT2D eigenvalue weighted by atomic mass is 15.2. The molecular weight excluding hydrogens is 671 g/mol. The number of benzene rings is 8. The van der Waals surface area contributed by atoms with E-state index < -0.39 is 0 Å². The monoisotopic (exact) mass is 703 g/mol. The molecule has 5 heteroatoms.